The Morgan fingerprint density at radius 2 is 1.97 bits per heavy atom. The molecule has 2 aromatic carbocycles. The Bertz CT molecular complexity index is 1220. The van der Waals surface area contributed by atoms with Crippen LogP contribution >= 0.6 is 0 Å². The lowest BCUT2D eigenvalue weighted by Crippen LogP contribution is -2.19. The molecule has 0 atom stereocenters. The van der Waals surface area contributed by atoms with Gasteiger partial charge in [-0.05, 0) is 47.9 Å². The van der Waals surface area contributed by atoms with Crippen molar-refractivity contribution < 1.29 is 13.6 Å². The van der Waals surface area contributed by atoms with Gasteiger partial charge >= 0.3 is 0 Å². The van der Waals surface area contributed by atoms with Gasteiger partial charge in [0.25, 0.3) is 0 Å². The van der Waals surface area contributed by atoms with Gasteiger partial charge in [-0.1, -0.05) is 30.9 Å². The Labute approximate surface area is 172 Å². The summed E-state index contributed by atoms with van der Waals surface area (Å²) >= 11 is 0. The maximum absolute atomic E-state index is 14.3. The quantitative estimate of drug-likeness (QED) is 0.142. The number of ketones is 1. The van der Waals surface area contributed by atoms with Crippen LogP contribution in [0.15, 0.2) is 78.7 Å². The van der Waals surface area contributed by atoms with E-state index >= 15 is 0 Å². The number of nitrogens with one attached hydrogen (secondary N) is 1. The molecule has 0 aliphatic rings. The smallest absolute Gasteiger partial charge is 0.200 e. The van der Waals surface area contributed by atoms with Crippen LogP contribution in [0.3, 0.4) is 0 Å². The number of fused-ring (bicyclic) bond motifs is 1. The van der Waals surface area contributed by atoms with E-state index in [2.05, 4.69) is 17.0 Å². The largest absolute Gasteiger partial charge is 0.396 e. The topological polar surface area (TPSA) is 94.0 Å². The summed E-state index contributed by atoms with van der Waals surface area (Å²) in [5, 5.41) is 0.977. The number of hydrazine groups is 1. The van der Waals surface area contributed by atoms with Crippen LogP contribution in [0.4, 0.5) is 14.5 Å². The highest BCUT2D eigenvalue weighted by atomic mass is 19.1. The number of benzene rings is 2. The molecule has 0 radical (unpaired) electrons. The fraction of sp³-hybridized carbons (Fsp3) is 0.0435. The number of allylic oxidation sites excluding steroid dienone is 4. The van der Waals surface area contributed by atoms with Gasteiger partial charge in [-0.2, -0.15) is 0 Å². The summed E-state index contributed by atoms with van der Waals surface area (Å²) in [5.74, 6) is 2.33. The first-order valence-electron chi connectivity index (χ1n) is 9.00. The standard InChI is InChI=1S/C23H20F2N4O/c1-13(16-6-5-15-4-3-9-28-20(15)11-16)10-14(2)17(12-29-27)23(30)21-18(24)7-8-19(26)22(21)25/h3-12,29H,1,26-27H2,2H3/b14-10+,17-12+. The molecule has 0 unspecified atom stereocenters. The minimum absolute atomic E-state index is 0.0269. The van der Waals surface area contributed by atoms with E-state index in [1.54, 1.807) is 19.2 Å². The SMILES string of the molecule is C=C(/C=C(C)/C(=C\NN)C(=O)c1c(F)ccc(N)c1F)c1ccc2cccnc2c1. The third kappa shape index (κ3) is 4.11. The molecule has 5 N–H and O–H groups in total. The fourth-order valence-electron chi connectivity index (χ4n) is 3.04. The van der Waals surface area contributed by atoms with Crippen molar-refractivity contribution in [2.45, 2.75) is 6.92 Å². The van der Waals surface area contributed by atoms with Crippen molar-refractivity contribution in [1.29, 1.82) is 0 Å². The Morgan fingerprint density at radius 3 is 2.70 bits per heavy atom. The van der Waals surface area contributed by atoms with E-state index in [1.165, 1.54) is 6.20 Å². The molecule has 0 amide bonds. The van der Waals surface area contributed by atoms with Crippen molar-refractivity contribution in [3.8, 4) is 0 Å². The predicted octanol–water partition coefficient (Wildman–Crippen LogP) is 4.28. The molecule has 0 saturated carbocycles. The highest BCUT2D eigenvalue weighted by Gasteiger charge is 2.23. The second-order valence-corrected chi connectivity index (χ2v) is 6.64. The van der Waals surface area contributed by atoms with Gasteiger partial charge in [-0.25, -0.2) is 8.78 Å². The second-order valence-electron chi connectivity index (χ2n) is 6.64. The van der Waals surface area contributed by atoms with E-state index in [-0.39, 0.29) is 11.3 Å². The molecule has 0 bridgehead atoms. The molecule has 30 heavy (non-hydrogen) atoms. The van der Waals surface area contributed by atoms with E-state index in [9.17, 15) is 13.6 Å². The highest BCUT2D eigenvalue weighted by Crippen LogP contribution is 2.26. The first-order valence-corrected chi connectivity index (χ1v) is 9.00. The lowest BCUT2D eigenvalue weighted by Gasteiger charge is -2.12. The fourth-order valence-corrected chi connectivity index (χ4v) is 3.04. The lowest BCUT2D eigenvalue weighted by atomic mass is 9.94. The van der Waals surface area contributed by atoms with Gasteiger partial charge in [0.1, 0.15) is 5.82 Å². The van der Waals surface area contributed by atoms with Gasteiger partial charge in [0.05, 0.1) is 16.8 Å². The van der Waals surface area contributed by atoms with Crippen molar-refractivity contribution in [1.82, 2.24) is 10.4 Å². The van der Waals surface area contributed by atoms with Crippen LogP contribution in [-0.4, -0.2) is 10.8 Å². The molecule has 1 aromatic heterocycles. The van der Waals surface area contributed by atoms with Crippen molar-refractivity contribution in [3.63, 3.8) is 0 Å². The molecular weight excluding hydrogens is 386 g/mol. The summed E-state index contributed by atoms with van der Waals surface area (Å²) in [6.45, 7) is 5.65. The number of hydrogen-bond donors (Lipinski definition) is 3. The average molecular weight is 406 g/mol. The summed E-state index contributed by atoms with van der Waals surface area (Å²) < 4.78 is 28.5. The lowest BCUT2D eigenvalue weighted by molar-refractivity contribution is 0.102. The number of Topliss-reactive ketones (excluding diaryl/α,β-unsaturated/α-hetero) is 1. The first kappa shape index (κ1) is 20.9. The van der Waals surface area contributed by atoms with E-state index in [0.717, 1.165) is 28.6 Å². The van der Waals surface area contributed by atoms with E-state index in [1.807, 2.05) is 30.3 Å². The van der Waals surface area contributed by atoms with Crippen LogP contribution in [-0.2, 0) is 0 Å². The summed E-state index contributed by atoms with van der Waals surface area (Å²) in [6.07, 6.45) is 4.50. The maximum atomic E-state index is 14.3. The van der Waals surface area contributed by atoms with Gasteiger partial charge in [0.2, 0.25) is 5.78 Å². The minimum atomic E-state index is -1.12. The minimum Gasteiger partial charge on any atom is -0.396 e. The summed E-state index contributed by atoms with van der Waals surface area (Å²) in [6, 6.07) is 11.4. The number of halogens is 2. The highest BCUT2D eigenvalue weighted by molar-refractivity contribution is 6.12. The van der Waals surface area contributed by atoms with Crippen molar-refractivity contribution in [2.75, 3.05) is 5.73 Å². The van der Waals surface area contributed by atoms with E-state index < -0.39 is 23.0 Å². The molecule has 0 spiro atoms. The molecule has 0 saturated heterocycles. The van der Waals surface area contributed by atoms with Crippen LogP contribution in [0, 0.1) is 11.6 Å². The van der Waals surface area contributed by atoms with Gasteiger partial charge < -0.3 is 11.2 Å². The number of carbonyl (C=O) groups excluding carboxylic acids is 1. The van der Waals surface area contributed by atoms with Crippen LogP contribution in [0.25, 0.3) is 16.5 Å². The number of nitrogen functional groups attached to an aromatic ring is 1. The number of nitrogens with two attached hydrogens (primary N) is 2. The molecule has 1 heterocycles. The molecule has 0 aliphatic carbocycles. The van der Waals surface area contributed by atoms with Crippen LogP contribution in [0.5, 0.6) is 0 Å². The van der Waals surface area contributed by atoms with Crippen molar-refractivity contribution in [3.05, 3.63) is 101 Å². The predicted molar refractivity (Wildman–Crippen MR) is 115 cm³/mol. The van der Waals surface area contributed by atoms with Gasteiger partial charge in [-0.15, -0.1) is 0 Å². The number of aromatic nitrogens is 1. The summed E-state index contributed by atoms with van der Waals surface area (Å²) in [7, 11) is 0. The summed E-state index contributed by atoms with van der Waals surface area (Å²) in [5.41, 5.74) is 9.22. The Kier molecular flexibility index (Phi) is 6.03. The number of carbonyl (C=O) groups is 1. The molecular formula is C23H20F2N4O. The molecule has 0 aliphatic heterocycles. The second kappa shape index (κ2) is 8.67. The van der Waals surface area contributed by atoms with Gasteiger partial charge in [0, 0.05) is 23.4 Å². The molecule has 3 rings (SSSR count). The zero-order chi connectivity index (χ0) is 21.8. The van der Waals surface area contributed by atoms with Crippen LogP contribution in [0.2, 0.25) is 0 Å². The Hall–Kier alpha value is -3.84. The molecule has 0 fully saturated rings. The van der Waals surface area contributed by atoms with Crippen LogP contribution in [0.1, 0.15) is 22.8 Å². The first-order chi connectivity index (χ1) is 14.3. The maximum Gasteiger partial charge on any atom is 0.200 e. The van der Waals surface area contributed by atoms with Crippen LogP contribution < -0.4 is 17.0 Å². The number of hydrogen-bond acceptors (Lipinski definition) is 5. The van der Waals surface area contributed by atoms with Crippen molar-refractivity contribution in [2.24, 2.45) is 5.84 Å². The Morgan fingerprint density at radius 1 is 1.20 bits per heavy atom. The average Bonchev–Trinajstić information content (AvgIpc) is 2.74. The number of anilines is 1. The Balaban J connectivity index is 1.98. The number of nitrogens with zero attached hydrogens (tertiary/aromatic N) is 1. The summed E-state index contributed by atoms with van der Waals surface area (Å²) in [4.78, 5) is 17.2. The molecule has 152 valence electrons. The monoisotopic (exact) mass is 406 g/mol. The third-order valence-electron chi connectivity index (χ3n) is 4.61. The number of rotatable bonds is 6. The normalized spacial score (nSPS) is 12.1. The number of pyridine rings is 1. The molecule has 3 aromatic rings. The van der Waals surface area contributed by atoms with Crippen molar-refractivity contribution >= 4 is 27.9 Å². The molecule has 7 heteroatoms. The zero-order valence-electron chi connectivity index (χ0n) is 16.2. The van der Waals surface area contributed by atoms with Gasteiger partial charge in [-0.3, -0.25) is 15.6 Å². The molecule has 5 nitrogen and oxygen atoms in total. The zero-order valence-corrected chi connectivity index (χ0v) is 16.2. The van der Waals surface area contributed by atoms with E-state index in [0.29, 0.717) is 11.1 Å². The van der Waals surface area contributed by atoms with E-state index in [4.69, 9.17) is 11.6 Å². The third-order valence-corrected chi connectivity index (χ3v) is 4.61. The van der Waals surface area contributed by atoms with Gasteiger partial charge in [0.15, 0.2) is 5.82 Å².